The van der Waals surface area contributed by atoms with E-state index in [4.69, 9.17) is 0 Å². The second-order valence-electron chi connectivity index (χ2n) is 5.93. The van der Waals surface area contributed by atoms with Crippen LogP contribution < -0.4 is 16.0 Å². The second kappa shape index (κ2) is 10.9. The normalized spacial score (nSPS) is 16.6. The number of urea groups is 1. The van der Waals surface area contributed by atoms with Crippen LogP contribution in [0.4, 0.5) is 4.79 Å². The van der Waals surface area contributed by atoms with Crippen molar-refractivity contribution in [2.45, 2.75) is 31.8 Å². The summed E-state index contributed by atoms with van der Waals surface area (Å²) in [5.74, 6) is -0.00953. The fourth-order valence-corrected chi connectivity index (χ4v) is 2.62. The van der Waals surface area contributed by atoms with Crippen LogP contribution in [-0.2, 0) is 11.3 Å². The maximum absolute atomic E-state index is 12.0. The molecule has 134 valence electrons. The molecule has 0 spiro atoms. The molecular formula is C17H27ClN4O2. The summed E-state index contributed by atoms with van der Waals surface area (Å²) in [7, 11) is 1.75. The smallest absolute Gasteiger partial charge is 0.317 e. The third kappa shape index (κ3) is 7.19. The Labute approximate surface area is 149 Å². The summed E-state index contributed by atoms with van der Waals surface area (Å²) in [6.07, 6.45) is 2.41. The van der Waals surface area contributed by atoms with Crippen LogP contribution in [0.3, 0.4) is 0 Å². The Morgan fingerprint density at radius 3 is 2.71 bits per heavy atom. The number of hydrogen-bond acceptors (Lipinski definition) is 3. The van der Waals surface area contributed by atoms with Crippen molar-refractivity contribution < 1.29 is 9.59 Å². The molecule has 1 atom stereocenters. The van der Waals surface area contributed by atoms with Crippen LogP contribution in [0, 0.1) is 0 Å². The second-order valence-corrected chi connectivity index (χ2v) is 5.93. The minimum atomic E-state index is -0.166. The van der Waals surface area contributed by atoms with Gasteiger partial charge in [-0.1, -0.05) is 30.3 Å². The van der Waals surface area contributed by atoms with Gasteiger partial charge in [-0.2, -0.15) is 0 Å². The molecule has 3 amide bonds. The van der Waals surface area contributed by atoms with Gasteiger partial charge in [0.05, 0.1) is 0 Å². The summed E-state index contributed by atoms with van der Waals surface area (Å²) in [6, 6.07) is 9.86. The molecule has 1 aromatic rings. The molecule has 1 aliphatic rings. The molecule has 1 aromatic carbocycles. The number of nitrogens with zero attached hydrogens (tertiary/aromatic N) is 1. The van der Waals surface area contributed by atoms with Crippen molar-refractivity contribution in [2.75, 3.05) is 26.7 Å². The molecule has 0 bridgehead atoms. The average molecular weight is 355 g/mol. The number of rotatable bonds is 6. The monoisotopic (exact) mass is 354 g/mol. The number of carbonyl (C=O) groups excluding carboxylic acids is 2. The first-order chi connectivity index (χ1) is 11.1. The van der Waals surface area contributed by atoms with Gasteiger partial charge in [0.15, 0.2) is 0 Å². The predicted octanol–water partition coefficient (Wildman–Crippen LogP) is 1.51. The highest BCUT2D eigenvalue weighted by atomic mass is 35.5. The molecule has 0 aliphatic carbocycles. The van der Waals surface area contributed by atoms with E-state index in [1.165, 1.54) is 0 Å². The van der Waals surface area contributed by atoms with Gasteiger partial charge in [0, 0.05) is 39.1 Å². The fraction of sp³-hybridized carbons (Fsp3) is 0.529. The third-order valence-corrected chi connectivity index (χ3v) is 3.90. The zero-order valence-corrected chi connectivity index (χ0v) is 14.9. The topological polar surface area (TPSA) is 73.5 Å². The highest BCUT2D eigenvalue weighted by Gasteiger charge is 2.15. The Hall–Kier alpha value is -1.79. The number of hydrogen-bond donors (Lipinski definition) is 3. The third-order valence-electron chi connectivity index (χ3n) is 3.90. The van der Waals surface area contributed by atoms with E-state index in [0.717, 1.165) is 31.5 Å². The van der Waals surface area contributed by atoms with Crippen LogP contribution >= 0.6 is 12.4 Å². The van der Waals surface area contributed by atoms with Crippen molar-refractivity contribution >= 4 is 24.3 Å². The zero-order valence-electron chi connectivity index (χ0n) is 14.1. The van der Waals surface area contributed by atoms with Crippen LogP contribution in [0.2, 0.25) is 0 Å². The van der Waals surface area contributed by atoms with Crippen molar-refractivity contribution in [3.05, 3.63) is 35.9 Å². The Bertz CT molecular complexity index is 507. The molecule has 0 aromatic heterocycles. The molecular weight excluding hydrogens is 328 g/mol. The Morgan fingerprint density at radius 2 is 2.04 bits per heavy atom. The number of amides is 3. The molecule has 1 fully saturated rings. The lowest BCUT2D eigenvalue weighted by molar-refractivity contribution is -0.121. The largest absolute Gasteiger partial charge is 0.352 e. The summed E-state index contributed by atoms with van der Waals surface area (Å²) in [5.41, 5.74) is 1.08. The molecule has 1 unspecified atom stereocenters. The number of piperidine rings is 1. The first-order valence-electron chi connectivity index (χ1n) is 8.18. The standard InChI is InChI=1S/C17H26N4O2.ClH/c1-21(13-14-6-3-2-4-7-14)17(23)19-11-9-16(22)20-15-8-5-10-18-12-15;/h2-4,6-7,15,18H,5,8-13H2,1H3,(H,19,23)(H,20,22);1H. The maximum atomic E-state index is 12.0. The quantitative estimate of drug-likeness (QED) is 0.725. The van der Waals surface area contributed by atoms with Crippen LogP contribution in [0.5, 0.6) is 0 Å². The van der Waals surface area contributed by atoms with Gasteiger partial charge in [0.2, 0.25) is 5.91 Å². The van der Waals surface area contributed by atoms with E-state index in [0.29, 0.717) is 19.5 Å². The Kier molecular flexibility index (Phi) is 9.19. The Morgan fingerprint density at radius 1 is 1.29 bits per heavy atom. The van der Waals surface area contributed by atoms with E-state index in [9.17, 15) is 9.59 Å². The minimum Gasteiger partial charge on any atom is -0.352 e. The molecule has 24 heavy (non-hydrogen) atoms. The van der Waals surface area contributed by atoms with E-state index >= 15 is 0 Å². The van der Waals surface area contributed by atoms with Gasteiger partial charge in [0.1, 0.15) is 0 Å². The summed E-state index contributed by atoms with van der Waals surface area (Å²) in [5, 5.41) is 9.04. The SMILES string of the molecule is CN(Cc1ccccc1)C(=O)NCCC(=O)NC1CCCNC1.Cl. The van der Waals surface area contributed by atoms with E-state index < -0.39 is 0 Å². The summed E-state index contributed by atoms with van der Waals surface area (Å²) in [4.78, 5) is 25.5. The van der Waals surface area contributed by atoms with Crippen LogP contribution in [0.1, 0.15) is 24.8 Å². The molecule has 1 aliphatic heterocycles. The number of nitrogens with one attached hydrogen (secondary N) is 3. The number of halogens is 1. The van der Waals surface area contributed by atoms with Crippen molar-refractivity contribution in [2.24, 2.45) is 0 Å². The molecule has 3 N–H and O–H groups in total. The summed E-state index contributed by atoms with van der Waals surface area (Å²) in [6.45, 7) is 2.75. The number of carbonyl (C=O) groups is 2. The summed E-state index contributed by atoms with van der Waals surface area (Å²) < 4.78 is 0. The van der Waals surface area contributed by atoms with Gasteiger partial charge in [-0.25, -0.2) is 4.79 Å². The first kappa shape index (κ1) is 20.3. The van der Waals surface area contributed by atoms with E-state index in [2.05, 4.69) is 16.0 Å². The van der Waals surface area contributed by atoms with Gasteiger partial charge in [-0.15, -0.1) is 12.4 Å². The molecule has 1 saturated heterocycles. The fourth-order valence-electron chi connectivity index (χ4n) is 2.62. The van der Waals surface area contributed by atoms with Gasteiger partial charge in [0.25, 0.3) is 0 Å². The van der Waals surface area contributed by atoms with Crippen molar-refractivity contribution in [1.29, 1.82) is 0 Å². The van der Waals surface area contributed by atoms with Gasteiger partial charge >= 0.3 is 6.03 Å². The van der Waals surface area contributed by atoms with Crippen molar-refractivity contribution in [3.8, 4) is 0 Å². The van der Waals surface area contributed by atoms with Crippen LogP contribution in [0.15, 0.2) is 30.3 Å². The van der Waals surface area contributed by atoms with Gasteiger partial charge < -0.3 is 20.9 Å². The zero-order chi connectivity index (χ0) is 16.5. The van der Waals surface area contributed by atoms with Crippen molar-refractivity contribution in [3.63, 3.8) is 0 Å². The highest BCUT2D eigenvalue weighted by molar-refractivity contribution is 5.85. The molecule has 2 rings (SSSR count). The van der Waals surface area contributed by atoms with Crippen LogP contribution in [0.25, 0.3) is 0 Å². The highest BCUT2D eigenvalue weighted by Crippen LogP contribution is 2.03. The minimum absolute atomic E-state index is 0. The van der Waals surface area contributed by atoms with Crippen molar-refractivity contribution in [1.82, 2.24) is 20.9 Å². The van der Waals surface area contributed by atoms with Gasteiger partial charge in [-0.05, 0) is 24.9 Å². The predicted molar refractivity (Wildman–Crippen MR) is 97.2 cm³/mol. The average Bonchev–Trinajstić information content (AvgIpc) is 2.56. The lowest BCUT2D eigenvalue weighted by Gasteiger charge is -2.24. The van der Waals surface area contributed by atoms with E-state index in [1.807, 2.05) is 30.3 Å². The molecule has 7 heteroatoms. The lowest BCUT2D eigenvalue weighted by Crippen LogP contribution is -2.46. The molecule has 0 saturated carbocycles. The number of benzene rings is 1. The molecule has 0 radical (unpaired) electrons. The van der Waals surface area contributed by atoms with Crippen LogP contribution in [-0.4, -0.2) is 49.6 Å². The summed E-state index contributed by atoms with van der Waals surface area (Å²) >= 11 is 0. The van der Waals surface area contributed by atoms with Gasteiger partial charge in [-0.3, -0.25) is 4.79 Å². The van der Waals surface area contributed by atoms with E-state index in [-0.39, 0.29) is 30.4 Å². The maximum Gasteiger partial charge on any atom is 0.317 e. The molecule has 1 heterocycles. The lowest BCUT2D eigenvalue weighted by atomic mass is 10.1. The molecule has 6 nitrogen and oxygen atoms in total. The Balaban J connectivity index is 0.00000288. The first-order valence-corrected chi connectivity index (χ1v) is 8.18. The van der Waals surface area contributed by atoms with E-state index in [1.54, 1.807) is 11.9 Å².